The Bertz CT molecular complexity index is 959. The number of hydrogen-bond donors (Lipinski definition) is 1. The number of carbonyl (C=O) groups is 2. The number of esters is 1. The monoisotopic (exact) mass is 466 g/mol. The molecule has 1 saturated heterocycles. The van der Waals surface area contributed by atoms with Crippen LogP contribution in [0.1, 0.15) is 49.1 Å². The van der Waals surface area contributed by atoms with Gasteiger partial charge in [-0.25, -0.2) is 4.79 Å². The molecule has 1 N–H and O–H groups in total. The van der Waals surface area contributed by atoms with Crippen molar-refractivity contribution in [2.45, 2.75) is 45.4 Å². The number of hydrogen-bond acceptors (Lipinski definition) is 6. The van der Waals surface area contributed by atoms with Gasteiger partial charge in [0.25, 0.3) is 0 Å². The molecule has 0 bridgehead atoms. The average molecular weight is 467 g/mol. The van der Waals surface area contributed by atoms with Crippen LogP contribution >= 0.6 is 0 Å². The second kappa shape index (κ2) is 11.5. The van der Waals surface area contributed by atoms with E-state index in [-0.39, 0.29) is 12.6 Å². The van der Waals surface area contributed by atoms with Gasteiger partial charge in [0.1, 0.15) is 6.61 Å². The third kappa shape index (κ3) is 5.59. The van der Waals surface area contributed by atoms with Gasteiger partial charge >= 0.3 is 12.1 Å². The molecule has 0 radical (unpaired) electrons. The highest BCUT2D eigenvalue weighted by Crippen LogP contribution is 2.37. The number of ether oxygens (including phenoxy) is 3. The quantitative estimate of drug-likeness (QED) is 0.587. The minimum absolute atomic E-state index is 0.150. The minimum atomic E-state index is -0.548. The summed E-state index contributed by atoms with van der Waals surface area (Å²) in [4.78, 5) is 27.5. The van der Waals surface area contributed by atoms with Crippen LogP contribution in [0.25, 0.3) is 0 Å². The van der Waals surface area contributed by atoms with E-state index in [4.69, 9.17) is 14.2 Å². The van der Waals surface area contributed by atoms with Crippen molar-refractivity contribution < 1.29 is 23.8 Å². The van der Waals surface area contributed by atoms with Gasteiger partial charge in [-0.15, -0.1) is 0 Å². The van der Waals surface area contributed by atoms with E-state index in [1.807, 2.05) is 55.5 Å². The van der Waals surface area contributed by atoms with Crippen molar-refractivity contribution in [2.75, 3.05) is 32.8 Å². The van der Waals surface area contributed by atoms with E-state index in [0.717, 1.165) is 43.5 Å². The number of benzene rings is 2. The van der Waals surface area contributed by atoms with Crippen LogP contribution < -0.4 is 5.32 Å². The highest BCUT2D eigenvalue weighted by molar-refractivity contribution is 5.77. The molecule has 0 aliphatic carbocycles. The normalized spacial score (nSPS) is 19.2. The summed E-state index contributed by atoms with van der Waals surface area (Å²) in [6.07, 6.45) is 1.80. The zero-order valence-electron chi connectivity index (χ0n) is 19.8. The molecule has 2 aromatic carbocycles. The third-order valence-corrected chi connectivity index (χ3v) is 6.79. The van der Waals surface area contributed by atoms with Gasteiger partial charge in [0.15, 0.2) is 6.23 Å². The Hall–Kier alpha value is -2.90. The highest BCUT2D eigenvalue weighted by Gasteiger charge is 2.41. The molecular formula is C27H34N2O5. The molecule has 34 heavy (non-hydrogen) atoms. The van der Waals surface area contributed by atoms with Gasteiger partial charge in [0.2, 0.25) is 0 Å². The lowest BCUT2D eigenvalue weighted by molar-refractivity contribution is -0.160. The summed E-state index contributed by atoms with van der Waals surface area (Å²) in [7, 11) is 0. The molecule has 7 nitrogen and oxygen atoms in total. The fourth-order valence-electron chi connectivity index (χ4n) is 4.81. The number of nitrogens with zero attached hydrogens (tertiary/aromatic N) is 1. The van der Waals surface area contributed by atoms with Crippen LogP contribution in [-0.4, -0.2) is 49.8 Å². The van der Waals surface area contributed by atoms with E-state index in [2.05, 4.69) is 11.4 Å². The summed E-state index contributed by atoms with van der Waals surface area (Å²) in [5.74, 6) is -0.150. The molecule has 2 aromatic rings. The number of fused-ring (bicyclic) bond motifs is 1. The molecule has 1 unspecified atom stereocenters. The van der Waals surface area contributed by atoms with Crippen molar-refractivity contribution in [3.8, 4) is 0 Å². The SMILES string of the molecule is CCOC(=O)C1(CCOC2c3ccccc3CCN2C(=O)OCc2ccccc2)CCNCC1. The average Bonchev–Trinajstić information content (AvgIpc) is 2.88. The standard InChI is InChI=1S/C27H34N2O5/c1-2-32-25(30)27(13-16-28-17-14-27)15-19-33-24-23-11-7-6-10-22(23)12-18-29(24)26(31)34-20-21-8-4-3-5-9-21/h3-11,24,28H,2,12-20H2,1H3. The maximum atomic E-state index is 13.1. The first kappa shape index (κ1) is 24.2. The van der Waals surface area contributed by atoms with Gasteiger partial charge in [0, 0.05) is 12.1 Å². The Morgan fingerprint density at radius 2 is 1.76 bits per heavy atom. The molecule has 182 valence electrons. The molecule has 0 saturated carbocycles. The molecule has 2 aliphatic heterocycles. The van der Waals surface area contributed by atoms with Crippen LogP contribution in [0.15, 0.2) is 54.6 Å². The van der Waals surface area contributed by atoms with Crippen molar-refractivity contribution in [3.05, 3.63) is 71.3 Å². The molecule has 1 fully saturated rings. The van der Waals surface area contributed by atoms with Gasteiger partial charge in [-0.05, 0) is 56.8 Å². The summed E-state index contributed by atoms with van der Waals surface area (Å²) >= 11 is 0. The van der Waals surface area contributed by atoms with Gasteiger partial charge in [-0.1, -0.05) is 54.6 Å². The fraction of sp³-hybridized carbons (Fsp3) is 0.481. The minimum Gasteiger partial charge on any atom is -0.466 e. The molecule has 0 aromatic heterocycles. The van der Waals surface area contributed by atoms with E-state index in [1.165, 1.54) is 5.56 Å². The van der Waals surface area contributed by atoms with Crippen LogP contribution in [0.5, 0.6) is 0 Å². The number of rotatable bonds is 8. The van der Waals surface area contributed by atoms with E-state index in [1.54, 1.807) is 4.90 Å². The molecule has 2 aliphatic rings. The maximum absolute atomic E-state index is 13.1. The predicted octanol–water partition coefficient (Wildman–Crippen LogP) is 4.22. The van der Waals surface area contributed by atoms with Crippen molar-refractivity contribution >= 4 is 12.1 Å². The molecule has 0 spiro atoms. The van der Waals surface area contributed by atoms with Crippen molar-refractivity contribution in [1.82, 2.24) is 10.2 Å². The third-order valence-electron chi connectivity index (χ3n) is 6.79. The van der Waals surface area contributed by atoms with Crippen LogP contribution in [0.2, 0.25) is 0 Å². The Balaban J connectivity index is 1.45. The first-order valence-corrected chi connectivity index (χ1v) is 12.2. The van der Waals surface area contributed by atoms with Gasteiger partial charge in [-0.2, -0.15) is 0 Å². The summed E-state index contributed by atoms with van der Waals surface area (Å²) in [5.41, 5.74) is 2.53. The molecule has 1 amide bonds. The number of carbonyl (C=O) groups excluding carboxylic acids is 2. The van der Waals surface area contributed by atoms with Crippen molar-refractivity contribution in [1.29, 1.82) is 0 Å². The summed E-state index contributed by atoms with van der Waals surface area (Å²) in [6, 6.07) is 17.7. The smallest absolute Gasteiger partial charge is 0.412 e. The maximum Gasteiger partial charge on any atom is 0.412 e. The van der Waals surface area contributed by atoms with E-state index in [0.29, 0.717) is 26.2 Å². The van der Waals surface area contributed by atoms with E-state index < -0.39 is 17.7 Å². The highest BCUT2D eigenvalue weighted by atomic mass is 16.6. The number of nitrogens with one attached hydrogen (secondary N) is 1. The van der Waals surface area contributed by atoms with Gasteiger partial charge < -0.3 is 19.5 Å². The Morgan fingerprint density at radius 3 is 2.53 bits per heavy atom. The fourth-order valence-corrected chi connectivity index (χ4v) is 4.81. The summed E-state index contributed by atoms with van der Waals surface area (Å²) in [5, 5.41) is 3.32. The largest absolute Gasteiger partial charge is 0.466 e. The van der Waals surface area contributed by atoms with Crippen molar-refractivity contribution in [2.24, 2.45) is 5.41 Å². The zero-order chi connectivity index (χ0) is 23.8. The van der Waals surface area contributed by atoms with E-state index in [9.17, 15) is 9.59 Å². The van der Waals surface area contributed by atoms with Crippen LogP contribution in [-0.2, 0) is 32.0 Å². The lowest BCUT2D eigenvalue weighted by Crippen LogP contribution is -2.45. The zero-order valence-corrected chi connectivity index (χ0v) is 19.8. The molecule has 1 atom stereocenters. The second-order valence-corrected chi connectivity index (χ2v) is 8.91. The first-order chi connectivity index (χ1) is 16.6. The number of amides is 1. The summed E-state index contributed by atoms with van der Waals surface area (Å²) in [6.45, 7) is 4.84. The Morgan fingerprint density at radius 1 is 1.03 bits per heavy atom. The molecular weight excluding hydrogens is 432 g/mol. The van der Waals surface area contributed by atoms with Gasteiger partial charge in [-0.3, -0.25) is 9.69 Å². The van der Waals surface area contributed by atoms with Crippen LogP contribution in [0.4, 0.5) is 4.79 Å². The molecule has 7 heteroatoms. The Labute approximate surface area is 201 Å². The van der Waals surface area contributed by atoms with Gasteiger partial charge in [0.05, 0.1) is 18.6 Å². The Kier molecular flexibility index (Phi) is 8.19. The second-order valence-electron chi connectivity index (χ2n) is 8.91. The van der Waals surface area contributed by atoms with Crippen LogP contribution in [0.3, 0.4) is 0 Å². The summed E-state index contributed by atoms with van der Waals surface area (Å²) < 4.78 is 17.4. The first-order valence-electron chi connectivity index (χ1n) is 12.2. The van der Waals surface area contributed by atoms with Crippen LogP contribution in [0, 0.1) is 5.41 Å². The van der Waals surface area contributed by atoms with Crippen molar-refractivity contribution in [3.63, 3.8) is 0 Å². The molecule has 4 rings (SSSR count). The topological polar surface area (TPSA) is 77.1 Å². The van der Waals surface area contributed by atoms with E-state index >= 15 is 0 Å². The lowest BCUT2D eigenvalue weighted by atomic mass is 9.76. The molecule has 2 heterocycles. The number of piperidine rings is 1. The lowest BCUT2D eigenvalue weighted by Gasteiger charge is -2.38. The predicted molar refractivity (Wildman–Crippen MR) is 128 cm³/mol.